The van der Waals surface area contributed by atoms with E-state index in [1.165, 1.54) is 84.8 Å². The van der Waals surface area contributed by atoms with Crippen molar-refractivity contribution in [3.63, 3.8) is 0 Å². The van der Waals surface area contributed by atoms with Gasteiger partial charge in [0.15, 0.2) is 0 Å². The number of hydrogen-bond acceptors (Lipinski definition) is 14. The molecule has 388 valence electrons. The van der Waals surface area contributed by atoms with Crippen LogP contribution in [-0.4, -0.2) is 86.0 Å². The molecule has 10 rings (SSSR count). The lowest BCUT2D eigenvalue weighted by Crippen LogP contribution is -2.17. The quantitative estimate of drug-likeness (QED) is 0.110. The maximum absolute atomic E-state index is 15.1. The van der Waals surface area contributed by atoms with Crippen molar-refractivity contribution in [1.82, 2.24) is 59.1 Å². The fourth-order valence-electron chi connectivity index (χ4n) is 8.70. The molecule has 0 saturated heterocycles. The highest BCUT2D eigenvalue weighted by molar-refractivity contribution is 5.64. The van der Waals surface area contributed by atoms with Crippen LogP contribution in [-0.2, 0) is 13.1 Å². The number of aromatic nitrogens is 12. The average Bonchev–Trinajstić information content (AvgIpc) is 4.13. The zero-order valence-corrected chi connectivity index (χ0v) is 39.9. The van der Waals surface area contributed by atoms with Crippen LogP contribution in [0.5, 0.6) is 23.0 Å². The average molecular weight is 1030 g/mol. The molecule has 4 aromatic heterocycles. The fourth-order valence-corrected chi connectivity index (χ4v) is 8.70. The van der Waals surface area contributed by atoms with Gasteiger partial charge in [0, 0.05) is 49.2 Å². The number of fused-ring (bicyclic) bond motifs is 2. The number of anilines is 4. The molecule has 18 nitrogen and oxygen atoms in total. The van der Waals surface area contributed by atoms with E-state index in [2.05, 4.69) is 60.4 Å². The van der Waals surface area contributed by atoms with Crippen LogP contribution < -0.4 is 29.6 Å². The summed E-state index contributed by atoms with van der Waals surface area (Å²) in [4.78, 5) is 17.4. The van der Waals surface area contributed by atoms with E-state index in [1.54, 1.807) is 47.5 Å². The third-order valence-electron chi connectivity index (χ3n) is 12.0. The molecule has 6 heterocycles. The highest BCUT2D eigenvalue weighted by Crippen LogP contribution is 2.38. The molecule has 0 fully saturated rings. The standard InChI is InChI=1S/2C24H23F4N7O2/c2*1-14-29-13-35(32-14)20-11-18(25)19(12-21(20)36-2)30-23-31-22-17(5-3-4-10-34(22)33-23)15-6-8-16(9-7-15)37-24(26,27)28/h2*6-9,11-13,17H,3-5,10H2,1-2H3,(H,30,33)/t2*17-/m10/s1. The number of hydrogen-bond donors (Lipinski definition) is 2. The summed E-state index contributed by atoms with van der Waals surface area (Å²) in [6.45, 7) is 4.68. The lowest BCUT2D eigenvalue weighted by molar-refractivity contribution is -0.275. The summed E-state index contributed by atoms with van der Waals surface area (Å²) in [6, 6.07) is 17.1. The summed E-state index contributed by atoms with van der Waals surface area (Å²) in [5, 5.41) is 23.3. The first-order valence-corrected chi connectivity index (χ1v) is 23.1. The highest BCUT2D eigenvalue weighted by Gasteiger charge is 2.33. The molecule has 0 spiro atoms. The van der Waals surface area contributed by atoms with Gasteiger partial charge in [-0.2, -0.15) is 20.2 Å². The molecular weight excluding hydrogens is 989 g/mol. The van der Waals surface area contributed by atoms with Gasteiger partial charge in [-0.3, -0.25) is 0 Å². The van der Waals surface area contributed by atoms with Crippen molar-refractivity contribution in [3.05, 3.63) is 132 Å². The van der Waals surface area contributed by atoms with Gasteiger partial charge in [-0.1, -0.05) is 37.1 Å². The van der Waals surface area contributed by atoms with Crippen LogP contribution in [0.1, 0.15) is 84.8 Å². The van der Waals surface area contributed by atoms with Gasteiger partial charge in [-0.25, -0.2) is 37.5 Å². The van der Waals surface area contributed by atoms with E-state index in [9.17, 15) is 26.3 Å². The Bertz CT molecular complexity index is 3010. The first-order chi connectivity index (χ1) is 35.4. The predicted molar refractivity (Wildman–Crippen MR) is 249 cm³/mol. The minimum Gasteiger partial charge on any atom is -0.494 e. The van der Waals surface area contributed by atoms with Crippen LogP contribution in [0.4, 0.5) is 58.4 Å². The Morgan fingerprint density at radius 1 is 0.541 bits per heavy atom. The van der Waals surface area contributed by atoms with E-state index in [4.69, 9.17) is 9.47 Å². The minimum absolute atomic E-state index is 0.114. The van der Waals surface area contributed by atoms with Crippen LogP contribution in [0.25, 0.3) is 11.4 Å². The summed E-state index contributed by atoms with van der Waals surface area (Å²) in [7, 11) is 2.94. The lowest BCUT2D eigenvalue weighted by atomic mass is 9.93. The largest absolute Gasteiger partial charge is 0.573 e. The number of nitrogens with one attached hydrogen (secondary N) is 2. The van der Waals surface area contributed by atoms with Crippen molar-refractivity contribution >= 4 is 23.3 Å². The van der Waals surface area contributed by atoms with E-state index >= 15 is 8.78 Å². The van der Waals surface area contributed by atoms with E-state index in [-0.39, 0.29) is 46.6 Å². The molecule has 0 bridgehead atoms. The third-order valence-corrected chi connectivity index (χ3v) is 12.0. The summed E-state index contributed by atoms with van der Waals surface area (Å²) < 4.78 is 130. The maximum atomic E-state index is 15.1. The fraction of sp³-hybridized carbons (Fsp3) is 0.333. The van der Waals surface area contributed by atoms with Gasteiger partial charge in [0.2, 0.25) is 11.9 Å². The van der Waals surface area contributed by atoms with Crippen LogP contribution in [0, 0.1) is 25.5 Å². The molecule has 2 N–H and O–H groups in total. The normalized spacial score (nSPS) is 15.7. The van der Waals surface area contributed by atoms with E-state index < -0.39 is 24.4 Å². The van der Waals surface area contributed by atoms with Gasteiger partial charge in [-0.15, -0.1) is 36.5 Å². The Hall–Kier alpha value is -8.32. The zero-order chi connectivity index (χ0) is 52.3. The number of ether oxygens (including phenoxy) is 4. The summed E-state index contributed by atoms with van der Waals surface area (Å²) >= 11 is 0. The van der Waals surface area contributed by atoms with Crippen molar-refractivity contribution in [2.45, 2.75) is 90.0 Å². The van der Waals surface area contributed by atoms with Gasteiger partial charge in [0.25, 0.3) is 0 Å². The second kappa shape index (κ2) is 21.0. The molecule has 2 atom stereocenters. The molecule has 26 heteroatoms. The van der Waals surface area contributed by atoms with Crippen molar-refractivity contribution in [1.29, 1.82) is 0 Å². The second-order valence-corrected chi connectivity index (χ2v) is 17.1. The summed E-state index contributed by atoms with van der Waals surface area (Å²) in [5.74, 6) is 1.40. The molecular formula is C48H46F8N14O4. The first kappa shape index (κ1) is 50.6. The van der Waals surface area contributed by atoms with Crippen molar-refractivity contribution in [2.24, 2.45) is 0 Å². The molecule has 4 aromatic carbocycles. The molecule has 2 aliphatic heterocycles. The van der Waals surface area contributed by atoms with Crippen LogP contribution in [0.15, 0.2) is 85.5 Å². The first-order valence-electron chi connectivity index (χ1n) is 23.1. The Labute approximate surface area is 416 Å². The Morgan fingerprint density at radius 3 is 1.27 bits per heavy atom. The zero-order valence-electron chi connectivity index (χ0n) is 39.9. The van der Waals surface area contributed by atoms with Gasteiger partial charge in [0.1, 0.15) is 82.0 Å². The molecule has 2 aliphatic rings. The number of halogens is 8. The SMILES string of the molecule is COc1cc(Nc2nc3n(n2)CCCC[C@@H]3c2ccc(OC(F)(F)F)cc2)c(F)cc1-n1cnc(C)n1.COc1cc(Nc2nc3n(n2)CCCC[C@H]3c2ccc(OC(F)(F)F)cc2)c(F)cc1-n1cnc(C)n1. The lowest BCUT2D eigenvalue weighted by Gasteiger charge is -2.15. The molecule has 74 heavy (non-hydrogen) atoms. The number of methoxy groups -OCH3 is 2. The third kappa shape index (κ3) is 11.8. The molecule has 0 aliphatic carbocycles. The number of benzene rings is 4. The van der Waals surface area contributed by atoms with Crippen LogP contribution in [0.2, 0.25) is 0 Å². The van der Waals surface area contributed by atoms with Gasteiger partial charge in [0.05, 0.1) is 25.6 Å². The predicted octanol–water partition coefficient (Wildman–Crippen LogP) is 10.5. The second-order valence-electron chi connectivity index (χ2n) is 17.1. The van der Waals surface area contributed by atoms with Gasteiger partial charge < -0.3 is 29.6 Å². The number of alkyl halides is 6. The Morgan fingerprint density at radius 2 is 0.932 bits per heavy atom. The highest BCUT2D eigenvalue weighted by atomic mass is 19.4. The maximum Gasteiger partial charge on any atom is 0.573 e. The minimum atomic E-state index is -4.76. The van der Waals surface area contributed by atoms with Crippen LogP contribution >= 0.6 is 0 Å². The van der Waals surface area contributed by atoms with Gasteiger partial charge >= 0.3 is 12.7 Å². The number of rotatable bonds is 12. The molecule has 0 radical (unpaired) electrons. The van der Waals surface area contributed by atoms with Crippen LogP contribution in [0.3, 0.4) is 0 Å². The van der Waals surface area contributed by atoms with Crippen molar-refractivity contribution in [2.75, 3.05) is 24.9 Å². The van der Waals surface area contributed by atoms with Crippen molar-refractivity contribution in [3.8, 4) is 34.4 Å². The van der Waals surface area contributed by atoms with E-state index in [0.29, 0.717) is 59.3 Å². The number of nitrogens with zero attached hydrogens (tertiary/aromatic N) is 12. The van der Waals surface area contributed by atoms with E-state index in [1.807, 2.05) is 0 Å². The summed E-state index contributed by atoms with van der Waals surface area (Å²) in [6.07, 6.45) is -1.58. The molecule has 0 saturated carbocycles. The molecule has 0 amide bonds. The van der Waals surface area contributed by atoms with E-state index in [0.717, 1.165) is 49.7 Å². The molecule has 8 aromatic rings. The molecule has 0 unspecified atom stereocenters. The smallest absolute Gasteiger partial charge is 0.494 e. The number of aryl methyl sites for hydroxylation is 4. The van der Waals surface area contributed by atoms with Gasteiger partial charge in [-0.05, 0) is 74.9 Å². The monoisotopic (exact) mass is 1030 g/mol. The topological polar surface area (TPSA) is 184 Å². The Kier molecular flexibility index (Phi) is 14.4. The Balaban J connectivity index is 0.000000182. The van der Waals surface area contributed by atoms with Crippen molar-refractivity contribution < 1.29 is 54.1 Å². The summed E-state index contributed by atoms with van der Waals surface area (Å²) in [5.41, 5.74) is 2.58.